The molecule has 1 aliphatic carbocycles. The van der Waals surface area contributed by atoms with Crippen LogP contribution < -0.4 is 5.73 Å². The van der Waals surface area contributed by atoms with Crippen LogP contribution in [0.1, 0.15) is 41.7 Å². The van der Waals surface area contributed by atoms with Crippen molar-refractivity contribution in [3.8, 4) is 0 Å². The van der Waals surface area contributed by atoms with E-state index in [1.807, 2.05) is 11.3 Å². The normalized spacial score (nSPS) is 16.5. The van der Waals surface area contributed by atoms with Crippen molar-refractivity contribution in [3.63, 3.8) is 0 Å². The van der Waals surface area contributed by atoms with Gasteiger partial charge >= 0.3 is 0 Å². The molecule has 0 bridgehead atoms. The van der Waals surface area contributed by atoms with Crippen LogP contribution in [-0.2, 0) is 13.0 Å². The van der Waals surface area contributed by atoms with Crippen molar-refractivity contribution < 1.29 is 0 Å². The molecule has 2 rings (SSSR count). The standard InChI is InChI=1S/C10H14BrNS/c1-2-8-9(6-3-4-6)7(5-12)10(11)13-8/h6H,2-5,12H2,1H3. The van der Waals surface area contributed by atoms with Gasteiger partial charge in [-0.2, -0.15) is 0 Å². The smallest absolute Gasteiger partial charge is 0.0749 e. The van der Waals surface area contributed by atoms with Gasteiger partial charge in [0.05, 0.1) is 3.79 Å². The molecule has 0 unspecified atom stereocenters. The summed E-state index contributed by atoms with van der Waals surface area (Å²) in [6.07, 6.45) is 3.88. The minimum Gasteiger partial charge on any atom is -0.326 e. The Balaban J connectivity index is 2.45. The second-order valence-electron chi connectivity index (χ2n) is 3.52. The molecule has 0 saturated heterocycles. The van der Waals surface area contributed by atoms with Gasteiger partial charge < -0.3 is 5.73 Å². The first-order chi connectivity index (χ1) is 6.27. The van der Waals surface area contributed by atoms with Crippen LogP contribution in [0.15, 0.2) is 3.79 Å². The number of hydrogen-bond donors (Lipinski definition) is 1. The largest absolute Gasteiger partial charge is 0.326 e. The van der Waals surface area contributed by atoms with Gasteiger partial charge in [-0.25, -0.2) is 0 Å². The molecule has 2 N–H and O–H groups in total. The Hall–Kier alpha value is 0.140. The quantitative estimate of drug-likeness (QED) is 0.885. The topological polar surface area (TPSA) is 26.0 Å². The van der Waals surface area contributed by atoms with Gasteiger partial charge in [0.2, 0.25) is 0 Å². The van der Waals surface area contributed by atoms with Crippen molar-refractivity contribution >= 4 is 27.3 Å². The molecule has 1 aliphatic rings. The van der Waals surface area contributed by atoms with Crippen LogP contribution in [0, 0.1) is 0 Å². The average molecular weight is 260 g/mol. The summed E-state index contributed by atoms with van der Waals surface area (Å²) >= 11 is 5.47. The molecule has 0 spiro atoms. The molecule has 0 aromatic carbocycles. The summed E-state index contributed by atoms with van der Waals surface area (Å²) in [7, 11) is 0. The number of nitrogens with two attached hydrogens (primary N) is 1. The predicted octanol–water partition coefficient (Wildman–Crippen LogP) is 3.41. The van der Waals surface area contributed by atoms with Crippen molar-refractivity contribution in [1.82, 2.24) is 0 Å². The number of rotatable bonds is 3. The van der Waals surface area contributed by atoms with Crippen LogP contribution in [0.4, 0.5) is 0 Å². The van der Waals surface area contributed by atoms with Gasteiger partial charge in [-0.3, -0.25) is 0 Å². The SMILES string of the molecule is CCc1sc(Br)c(CN)c1C1CC1. The summed E-state index contributed by atoms with van der Waals surface area (Å²) in [4.78, 5) is 1.54. The molecule has 72 valence electrons. The lowest BCUT2D eigenvalue weighted by Crippen LogP contribution is -1.99. The maximum absolute atomic E-state index is 5.76. The number of hydrogen-bond acceptors (Lipinski definition) is 2. The molecule has 1 aromatic rings. The van der Waals surface area contributed by atoms with Gasteiger partial charge in [-0.05, 0) is 52.2 Å². The Morgan fingerprint density at radius 3 is 2.69 bits per heavy atom. The van der Waals surface area contributed by atoms with E-state index in [4.69, 9.17) is 5.73 Å². The van der Waals surface area contributed by atoms with E-state index >= 15 is 0 Å². The summed E-state index contributed by atoms with van der Waals surface area (Å²) in [5.74, 6) is 0.830. The van der Waals surface area contributed by atoms with Gasteiger partial charge in [0.15, 0.2) is 0 Å². The Kier molecular flexibility index (Phi) is 2.77. The molecular formula is C10H14BrNS. The maximum atomic E-state index is 5.76. The van der Waals surface area contributed by atoms with Crippen molar-refractivity contribution in [3.05, 3.63) is 19.8 Å². The summed E-state index contributed by atoms with van der Waals surface area (Å²) in [5.41, 5.74) is 8.70. The average Bonchev–Trinajstić information content (AvgIpc) is 2.90. The van der Waals surface area contributed by atoms with Gasteiger partial charge in [-0.1, -0.05) is 6.92 Å². The molecule has 0 amide bonds. The molecule has 0 aliphatic heterocycles. The molecule has 1 fully saturated rings. The predicted molar refractivity (Wildman–Crippen MR) is 61.3 cm³/mol. The molecule has 3 heteroatoms. The Bertz CT molecular complexity index is 315. The van der Waals surface area contributed by atoms with Crippen molar-refractivity contribution in [2.75, 3.05) is 0 Å². The fourth-order valence-electron chi connectivity index (χ4n) is 1.80. The van der Waals surface area contributed by atoms with Crippen LogP contribution in [-0.4, -0.2) is 0 Å². The van der Waals surface area contributed by atoms with E-state index in [2.05, 4.69) is 22.9 Å². The Labute approximate surface area is 91.5 Å². The van der Waals surface area contributed by atoms with Crippen LogP contribution in [0.5, 0.6) is 0 Å². The van der Waals surface area contributed by atoms with E-state index < -0.39 is 0 Å². The maximum Gasteiger partial charge on any atom is 0.0749 e. The van der Waals surface area contributed by atoms with E-state index in [1.54, 1.807) is 5.56 Å². The zero-order valence-electron chi connectivity index (χ0n) is 7.77. The molecule has 0 atom stereocenters. The minimum atomic E-state index is 0.683. The first kappa shape index (κ1) is 9.69. The highest BCUT2D eigenvalue weighted by Crippen LogP contribution is 2.48. The molecule has 1 heterocycles. The van der Waals surface area contributed by atoms with E-state index in [0.29, 0.717) is 6.54 Å². The van der Waals surface area contributed by atoms with Crippen LogP contribution in [0.3, 0.4) is 0 Å². The lowest BCUT2D eigenvalue weighted by molar-refractivity contribution is 0.980. The van der Waals surface area contributed by atoms with Crippen molar-refractivity contribution in [2.45, 2.75) is 38.6 Å². The summed E-state index contributed by atoms with van der Waals surface area (Å²) in [6.45, 7) is 2.91. The van der Waals surface area contributed by atoms with E-state index in [9.17, 15) is 0 Å². The monoisotopic (exact) mass is 259 g/mol. The zero-order valence-corrected chi connectivity index (χ0v) is 10.2. The first-order valence-corrected chi connectivity index (χ1v) is 6.38. The lowest BCUT2D eigenvalue weighted by Gasteiger charge is -2.02. The fourth-order valence-corrected chi connectivity index (χ4v) is 3.84. The number of halogens is 1. The summed E-state index contributed by atoms with van der Waals surface area (Å²) in [5, 5.41) is 0. The highest BCUT2D eigenvalue weighted by atomic mass is 79.9. The Morgan fingerprint density at radius 2 is 2.23 bits per heavy atom. The molecular weight excluding hydrogens is 246 g/mol. The van der Waals surface area contributed by atoms with Gasteiger partial charge in [-0.15, -0.1) is 11.3 Å². The summed E-state index contributed by atoms with van der Waals surface area (Å²) in [6, 6.07) is 0. The third kappa shape index (κ3) is 1.69. The summed E-state index contributed by atoms with van der Waals surface area (Å²) < 4.78 is 1.26. The fraction of sp³-hybridized carbons (Fsp3) is 0.600. The second-order valence-corrected chi connectivity index (χ2v) is 5.95. The second kappa shape index (κ2) is 3.71. The van der Waals surface area contributed by atoms with Gasteiger partial charge in [0.1, 0.15) is 0 Å². The van der Waals surface area contributed by atoms with Crippen LogP contribution >= 0.6 is 27.3 Å². The van der Waals surface area contributed by atoms with Gasteiger partial charge in [0.25, 0.3) is 0 Å². The highest BCUT2D eigenvalue weighted by Gasteiger charge is 2.30. The number of thiophene rings is 1. The molecule has 1 aromatic heterocycles. The lowest BCUT2D eigenvalue weighted by atomic mass is 10.1. The third-order valence-corrected chi connectivity index (χ3v) is 4.73. The van der Waals surface area contributed by atoms with Crippen molar-refractivity contribution in [1.29, 1.82) is 0 Å². The Morgan fingerprint density at radius 1 is 1.54 bits per heavy atom. The number of aryl methyl sites for hydroxylation is 1. The van der Waals surface area contributed by atoms with E-state index in [0.717, 1.165) is 12.3 Å². The molecule has 13 heavy (non-hydrogen) atoms. The zero-order chi connectivity index (χ0) is 9.42. The molecule has 1 nitrogen and oxygen atoms in total. The van der Waals surface area contributed by atoms with Gasteiger partial charge in [0, 0.05) is 11.4 Å². The van der Waals surface area contributed by atoms with E-state index in [1.165, 1.54) is 27.1 Å². The van der Waals surface area contributed by atoms with Crippen LogP contribution in [0.25, 0.3) is 0 Å². The third-order valence-electron chi connectivity index (χ3n) is 2.59. The molecule has 0 radical (unpaired) electrons. The van der Waals surface area contributed by atoms with Crippen LogP contribution in [0.2, 0.25) is 0 Å². The first-order valence-electron chi connectivity index (χ1n) is 4.77. The van der Waals surface area contributed by atoms with E-state index in [-0.39, 0.29) is 0 Å². The van der Waals surface area contributed by atoms with Crippen molar-refractivity contribution in [2.24, 2.45) is 5.73 Å². The minimum absolute atomic E-state index is 0.683. The molecule has 1 saturated carbocycles. The highest BCUT2D eigenvalue weighted by molar-refractivity contribution is 9.11.